The number of nitrogens with one attached hydrogen (secondary N) is 3. The fourth-order valence-corrected chi connectivity index (χ4v) is 4.77. The van der Waals surface area contributed by atoms with Gasteiger partial charge in [-0.1, -0.05) is 11.2 Å². The van der Waals surface area contributed by atoms with Crippen molar-refractivity contribution in [2.24, 2.45) is 10.9 Å². The van der Waals surface area contributed by atoms with Gasteiger partial charge in [0.05, 0.1) is 29.9 Å². The Bertz CT molecular complexity index is 1540. The predicted octanol–water partition coefficient (Wildman–Crippen LogP) is 1.12. The van der Waals surface area contributed by atoms with Gasteiger partial charge in [-0.3, -0.25) is 19.8 Å². The molecule has 15 nitrogen and oxygen atoms in total. The first-order chi connectivity index (χ1) is 20.1. The SMILES string of the molecule is CS(=O)(=O)CCNC(=O)CCc1ccc(OC(=O)c2ccc(NC(=N)N)cc2)cc1C1=NOC(CC(=O)O)(CC(=O)O)C1. The molecule has 2 aromatic carbocycles. The van der Waals surface area contributed by atoms with Crippen molar-refractivity contribution in [2.75, 3.05) is 23.9 Å². The molecule has 0 atom stereocenters. The summed E-state index contributed by atoms with van der Waals surface area (Å²) in [5.74, 6) is -4.10. The van der Waals surface area contributed by atoms with E-state index in [9.17, 15) is 37.8 Å². The summed E-state index contributed by atoms with van der Waals surface area (Å²) in [5.41, 5.74) is 5.43. The van der Waals surface area contributed by atoms with Crippen LogP contribution in [0.4, 0.5) is 5.69 Å². The number of sulfone groups is 1. The van der Waals surface area contributed by atoms with Crippen molar-refractivity contribution in [2.45, 2.75) is 37.7 Å². The molecular weight excluding hydrogens is 586 g/mol. The van der Waals surface area contributed by atoms with Crippen LogP contribution in [0.3, 0.4) is 0 Å². The number of esters is 1. The second-order valence-corrected chi connectivity index (χ2v) is 12.2. The van der Waals surface area contributed by atoms with Crippen LogP contribution >= 0.6 is 0 Å². The number of carboxylic acid groups (broad SMARTS) is 2. The number of guanidine groups is 1. The molecule has 1 aliphatic rings. The summed E-state index contributed by atoms with van der Waals surface area (Å²) in [6, 6.07) is 10.5. The first-order valence-electron chi connectivity index (χ1n) is 12.8. The molecule has 3 rings (SSSR count). The molecule has 0 aromatic heterocycles. The number of carbonyl (C=O) groups excluding carboxylic acids is 2. The smallest absolute Gasteiger partial charge is 0.343 e. The van der Waals surface area contributed by atoms with E-state index >= 15 is 0 Å². The minimum Gasteiger partial charge on any atom is -0.481 e. The number of benzene rings is 2. The minimum atomic E-state index is -3.26. The monoisotopic (exact) mass is 617 g/mol. The number of nitrogens with two attached hydrogens (primary N) is 1. The third-order valence-electron chi connectivity index (χ3n) is 6.20. The Balaban J connectivity index is 1.84. The van der Waals surface area contributed by atoms with Crippen LogP contribution in [0.2, 0.25) is 0 Å². The second kappa shape index (κ2) is 13.8. The largest absolute Gasteiger partial charge is 0.481 e. The average Bonchev–Trinajstić information content (AvgIpc) is 3.29. The number of aryl methyl sites for hydroxylation is 1. The zero-order valence-electron chi connectivity index (χ0n) is 23.1. The van der Waals surface area contributed by atoms with Gasteiger partial charge in [0.15, 0.2) is 11.6 Å². The maximum atomic E-state index is 12.8. The lowest BCUT2D eigenvalue weighted by atomic mass is 9.86. The van der Waals surface area contributed by atoms with Gasteiger partial charge in [0.25, 0.3) is 0 Å². The van der Waals surface area contributed by atoms with E-state index in [2.05, 4.69) is 15.8 Å². The molecule has 230 valence electrons. The minimum absolute atomic E-state index is 0.0416. The van der Waals surface area contributed by atoms with Gasteiger partial charge in [0.1, 0.15) is 15.6 Å². The van der Waals surface area contributed by atoms with Gasteiger partial charge in [0.2, 0.25) is 5.91 Å². The summed E-state index contributed by atoms with van der Waals surface area (Å²) in [4.78, 5) is 53.5. The predicted molar refractivity (Wildman–Crippen MR) is 154 cm³/mol. The molecule has 1 amide bonds. The van der Waals surface area contributed by atoms with E-state index in [1.807, 2.05) is 0 Å². The van der Waals surface area contributed by atoms with Crippen molar-refractivity contribution in [3.8, 4) is 5.75 Å². The van der Waals surface area contributed by atoms with Crippen LogP contribution in [0.15, 0.2) is 47.6 Å². The average molecular weight is 618 g/mol. The van der Waals surface area contributed by atoms with Crippen LogP contribution in [-0.4, -0.2) is 78.3 Å². The van der Waals surface area contributed by atoms with Crippen molar-refractivity contribution in [1.29, 1.82) is 5.41 Å². The normalized spacial score (nSPS) is 13.7. The Morgan fingerprint density at radius 1 is 1.09 bits per heavy atom. The molecule has 0 fully saturated rings. The Labute approximate surface area is 246 Å². The maximum absolute atomic E-state index is 12.8. The van der Waals surface area contributed by atoms with E-state index in [-0.39, 0.29) is 54.5 Å². The van der Waals surface area contributed by atoms with Gasteiger partial charge in [-0.2, -0.15) is 0 Å². The van der Waals surface area contributed by atoms with Crippen LogP contribution in [0.5, 0.6) is 5.75 Å². The second-order valence-electron chi connectivity index (χ2n) is 9.93. The molecule has 0 bridgehead atoms. The number of carboxylic acids is 2. The summed E-state index contributed by atoms with van der Waals surface area (Å²) in [7, 11) is -3.26. The molecule has 1 aliphatic heterocycles. The summed E-state index contributed by atoms with van der Waals surface area (Å²) < 4.78 is 28.2. The third-order valence-corrected chi connectivity index (χ3v) is 7.15. The topological polar surface area (TPSA) is 248 Å². The number of nitrogens with zero attached hydrogens (tertiary/aromatic N) is 1. The molecule has 0 unspecified atom stereocenters. The van der Waals surface area contributed by atoms with Crippen LogP contribution in [0, 0.1) is 5.41 Å². The molecule has 0 saturated heterocycles. The number of hydrogen-bond donors (Lipinski definition) is 6. The van der Waals surface area contributed by atoms with Crippen LogP contribution in [0.1, 0.15) is 47.2 Å². The van der Waals surface area contributed by atoms with E-state index in [0.29, 0.717) is 16.8 Å². The van der Waals surface area contributed by atoms with E-state index < -0.39 is 52.1 Å². The highest BCUT2D eigenvalue weighted by atomic mass is 32.2. The molecular formula is C27H31N5O10S. The number of amides is 1. The van der Waals surface area contributed by atoms with E-state index in [1.54, 1.807) is 6.07 Å². The Hall–Kier alpha value is -4.99. The highest BCUT2D eigenvalue weighted by molar-refractivity contribution is 7.90. The highest BCUT2D eigenvalue weighted by Gasteiger charge is 2.44. The molecule has 43 heavy (non-hydrogen) atoms. The Kier molecular flexibility index (Phi) is 10.4. The third kappa shape index (κ3) is 10.1. The number of oxime groups is 1. The van der Waals surface area contributed by atoms with Gasteiger partial charge < -0.3 is 36.2 Å². The molecule has 0 aliphatic carbocycles. The molecule has 16 heteroatoms. The van der Waals surface area contributed by atoms with Gasteiger partial charge in [-0.15, -0.1) is 0 Å². The van der Waals surface area contributed by atoms with Crippen LogP contribution in [0.25, 0.3) is 0 Å². The molecule has 0 spiro atoms. The van der Waals surface area contributed by atoms with Gasteiger partial charge >= 0.3 is 17.9 Å². The lowest BCUT2D eigenvalue weighted by Gasteiger charge is -2.22. The number of carbonyl (C=O) groups is 4. The van der Waals surface area contributed by atoms with E-state index in [4.69, 9.17) is 20.7 Å². The zero-order chi connectivity index (χ0) is 31.8. The number of hydrogen-bond acceptors (Lipinski definition) is 10. The summed E-state index contributed by atoms with van der Waals surface area (Å²) in [6.07, 6.45) is -0.287. The molecule has 7 N–H and O–H groups in total. The van der Waals surface area contributed by atoms with E-state index in [1.165, 1.54) is 36.4 Å². The van der Waals surface area contributed by atoms with Crippen molar-refractivity contribution in [1.82, 2.24) is 5.32 Å². The molecule has 1 heterocycles. The fraction of sp³-hybridized carbons (Fsp3) is 0.333. The summed E-state index contributed by atoms with van der Waals surface area (Å²) in [5, 5.41) is 35.1. The van der Waals surface area contributed by atoms with Crippen molar-refractivity contribution in [3.63, 3.8) is 0 Å². The van der Waals surface area contributed by atoms with E-state index in [0.717, 1.165) is 6.26 Å². The molecule has 2 aromatic rings. The number of anilines is 1. The number of rotatable bonds is 14. The van der Waals surface area contributed by atoms with Crippen molar-refractivity contribution < 1.29 is 47.4 Å². The Morgan fingerprint density at radius 3 is 2.33 bits per heavy atom. The van der Waals surface area contributed by atoms with Gasteiger partial charge in [0, 0.05) is 36.9 Å². The first-order valence-corrected chi connectivity index (χ1v) is 14.9. The van der Waals surface area contributed by atoms with Crippen LogP contribution < -0.4 is 21.1 Å². The highest BCUT2D eigenvalue weighted by Crippen LogP contribution is 2.35. The standard InChI is InChI=1S/C27H31N5O10S/c1-43(39,40)11-10-30-22(33)9-5-16-4-8-19(41-25(38)17-2-6-18(7-3-17)31-26(28)29)12-20(16)21-13-27(42-32-21,14-23(34)35)15-24(36)37/h2-4,6-8,12H,5,9-11,13-15H2,1H3,(H,30,33)(H,34,35)(H,36,37)(H4,28,29,31). The lowest BCUT2D eigenvalue weighted by molar-refractivity contribution is -0.151. The molecule has 0 saturated carbocycles. The first kappa shape index (κ1) is 32.5. The van der Waals surface area contributed by atoms with Crippen molar-refractivity contribution >= 4 is 51.0 Å². The van der Waals surface area contributed by atoms with Gasteiger partial charge in [-0.25, -0.2) is 13.2 Å². The fourth-order valence-electron chi connectivity index (χ4n) is 4.30. The molecule has 0 radical (unpaired) electrons. The number of ether oxygens (including phenoxy) is 1. The Morgan fingerprint density at radius 2 is 1.74 bits per heavy atom. The maximum Gasteiger partial charge on any atom is 0.343 e. The van der Waals surface area contributed by atoms with Crippen molar-refractivity contribution in [3.05, 3.63) is 59.2 Å². The quantitative estimate of drug-likeness (QED) is 0.0755. The summed E-state index contributed by atoms with van der Waals surface area (Å²) >= 11 is 0. The van der Waals surface area contributed by atoms with Gasteiger partial charge in [-0.05, 0) is 48.4 Å². The summed E-state index contributed by atoms with van der Waals surface area (Å²) in [6.45, 7) is -0.0569. The zero-order valence-corrected chi connectivity index (χ0v) is 23.9. The lowest BCUT2D eigenvalue weighted by Crippen LogP contribution is -2.35. The van der Waals surface area contributed by atoms with Crippen LogP contribution in [-0.2, 0) is 35.5 Å². The number of aliphatic carboxylic acids is 2.